The van der Waals surface area contributed by atoms with Gasteiger partial charge >= 0.3 is 0 Å². The molecule has 0 aliphatic rings. The van der Waals surface area contributed by atoms with Crippen molar-refractivity contribution in [1.82, 2.24) is 10.3 Å². The van der Waals surface area contributed by atoms with Gasteiger partial charge in [-0.1, -0.05) is 27.7 Å². The van der Waals surface area contributed by atoms with Crippen LogP contribution < -0.4 is 5.32 Å². The highest BCUT2D eigenvalue weighted by Gasteiger charge is 2.05. The molecule has 0 saturated carbocycles. The van der Waals surface area contributed by atoms with Gasteiger partial charge in [-0.05, 0) is 12.5 Å². The van der Waals surface area contributed by atoms with Crippen LogP contribution in [-0.2, 0) is 6.54 Å². The molecule has 0 aromatic carbocycles. The molecule has 0 radical (unpaired) electrons. The first kappa shape index (κ1) is 11.7. The molecule has 0 fully saturated rings. The highest BCUT2D eigenvalue weighted by Crippen LogP contribution is 2.18. The topological polar surface area (TPSA) is 24.9 Å². The Hall–Kier alpha value is -0.410. The van der Waals surface area contributed by atoms with Crippen molar-refractivity contribution < 1.29 is 0 Å². The molecular weight excluding hydrogens is 192 g/mol. The van der Waals surface area contributed by atoms with Crippen LogP contribution in [-0.4, -0.2) is 11.5 Å². The van der Waals surface area contributed by atoms with Crippen molar-refractivity contribution >= 4 is 11.3 Å². The van der Waals surface area contributed by atoms with E-state index in [2.05, 4.69) is 43.4 Å². The van der Waals surface area contributed by atoms with E-state index in [0.717, 1.165) is 13.1 Å². The lowest BCUT2D eigenvalue weighted by atomic mass is 10.2. The number of aromatic nitrogens is 1. The molecule has 1 N–H and O–H groups in total. The van der Waals surface area contributed by atoms with Crippen molar-refractivity contribution in [3.8, 4) is 0 Å². The van der Waals surface area contributed by atoms with Gasteiger partial charge in [-0.2, -0.15) is 0 Å². The third-order valence-electron chi connectivity index (χ3n) is 1.92. The Labute approximate surface area is 90.8 Å². The number of hydrogen-bond donors (Lipinski definition) is 1. The predicted octanol–water partition coefficient (Wildman–Crippen LogP) is 3.01. The summed E-state index contributed by atoms with van der Waals surface area (Å²) >= 11 is 1.77. The molecule has 0 aliphatic heterocycles. The molecule has 0 spiro atoms. The summed E-state index contributed by atoms with van der Waals surface area (Å²) in [5.41, 5.74) is 1.18. The second kappa shape index (κ2) is 5.47. The van der Waals surface area contributed by atoms with Gasteiger partial charge in [0, 0.05) is 17.8 Å². The molecule has 1 rings (SSSR count). The standard InChI is InChI=1S/C11H20N2S/c1-8(2)5-12-6-10-7-14-11(13-10)9(3)4/h7-9,12H,5-6H2,1-4H3. The Morgan fingerprint density at radius 2 is 2.07 bits per heavy atom. The van der Waals surface area contributed by atoms with E-state index in [-0.39, 0.29) is 0 Å². The van der Waals surface area contributed by atoms with Crippen molar-refractivity contribution in [3.05, 3.63) is 16.1 Å². The summed E-state index contributed by atoms with van der Waals surface area (Å²) in [5.74, 6) is 1.26. The maximum atomic E-state index is 4.56. The van der Waals surface area contributed by atoms with Gasteiger partial charge in [0.15, 0.2) is 0 Å². The van der Waals surface area contributed by atoms with Gasteiger partial charge in [-0.25, -0.2) is 4.98 Å². The lowest BCUT2D eigenvalue weighted by Crippen LogP contribution is -2.19. The Bertz CT molecular complexity index is 266. The molecule has 0 saturated heterocycles. The SMILES string of the molecule is CC(C)CNCc1csc(C(C)C)n1. The zero-order chi connectivity index (χ0) is 10.6. The highest BCUT2D eigenvalue weighted by molar-refractivity contribution is 7.09. The maximum Gasteiger partial charge on any atom is 0.0954 e. The molecule has 1 heterocycles. The Balaban J connectivity index is 2.36. The maximum absolute atomic E-state index is 4.56. The van der Waals surface area contributed by atoms with Crippen LogP contribution in [0.5, 0.6) is 0 Å². The van der Waals surface area contributed by atoms with E-state index < -0.39 is 0 Å². The number of nitrogens with one attached hydrogen (secondary N) is 1. The third kappa shape index (κ3) is 3.76. The van der Waals surface area contributed by atoms with Gasteiger partial charge in [0.1, 0.15) is 0 Å². The van der Waals surface area contributed by atoms with Crippen molar-refractivity contribution in [2.45, 2.75) is 40.2 Å². The number of thiazole rings is 1. The minimum absolute atomic E-state index is 0.554. The van der Waals surface area contributed by atoms with Crippen LogP contribution in [0, 0.1) is 5.92 Å². The van der Waals surface area contributed by atoms with E-state index in [9.17, 15) is 0 Å². The number of rotatable bonds is 5. The molecule has 3 heteroatoms. The zero-order valence-corrected chi connectivity index (χ0v) is 10.3. The van der Waals surface area contributed by atoms with E-state index >= 15 is 0 Å². The van der Waals surface area contributed by atoms with Crippen LogP contribution in [0.4, 0.5) is 0 Å². The average Bonchev–Trinajstić information content (AvgIpc) is 2.52. The molecule has 0 aliphatic carbocycles. The average molecular weight is 212 g/mol. The normalized spacial score (nSPS) is 11.6. The van der Waals surface area contributed by atoms with Gasteiger partial charge in [0.2, 0.25) is 0 Å². The van der Waals surface area contributed by atoms with E-state index in [1.165, 1.54) is 10.7 Å². The summed E-state index contributed by atoms with van der Waals surface area (Å²) in [6, 6.07) is 0. The lowest BCUT2D eigenvalue weighted by Gasteiger charge is -2.04. The summed E-state index contributed by atoms with van der Waals surface area (Å²) in [4.78, 5) is 4.56. The van der Waals surface area contributed by atoms with Gasteiger partial charge in [-0.15, -0.1) is 11.3 Å². The van der Waals surface area contributed by atoms with Crippen molar-refractivity contribution in [3.63, 3.8) is 0 Å². The predicted molar refractivity (Wildman–Crippen MR) is 62.7 cm³/mol. The second-order valence-corrected chi connectivity index (χ2v) is 5.25. The summed E-state index contributed by atoms with van der Waals surface area (Å²) in [7, 11) is 0. The summed E-state index contributed by atoms with van der Waals surface area (Å²) in [6.45, 7) is 10.8. The second-order valence-electron chi connectivity index (χ2n) is 4.36. The van der Waals surface area contributed by atoms with Gasteiger partial charge in [0.05, 0.1) is 10.7 Å². The minimum atomic E-state index is 0.554. The Morgan fingerprint density at radius 3 is 2.57 bits per heavy atom. The molecule has 1 aromatic heterocycles. The minimum Gasteiger partial charge on any atom is -0.311 e. The fourth-order valence-corrected chi connectivity index (χ4v) is 1.99. The van der Waals surface area contributed by atoms with Crippen molar-refractivity contribution in [1.29, 1.82) is 0 Å². The van der Waals surface area contributed by atoms with Gasteiger partial charge < -0.3 is 5.32 Å². The number of hydrogen-bond acceptors (Lipinski definition) is 3. The first-order valence-electron chi connectivity index (χ1n) is 5.24. The molecule has 80 valence electrons. The molecule has 14 heavy (non-hydrogen) atoms. The van der Waals surface area contributed by atoms with Gasteiger partial charge in [0.25, 0.3) is 0 Å². The Kier molecular flexibility index (Phi) is 4.55. The van der Waals surface area contributed by atoms with Crippen LogP contribution in [0.3, 0.4) is 0 Å². The fraction of sp³-hybridized carbons (Fsp3) is 0.727. The van der Waals surface area contributed by atoms with E-state index in [0.29, 0.717) is 11.8 Å². The first-order valence-corrected chi connectivity index (χ1v) is 6.12. The monoisotopic (exact) mass is 212 g/mol. The first-order chi connectivity index (χ1) is 6.59. The molecule has 0 unspecified atom stereocenters. The van der Waals surface area contributed by atoms with E-state index in [1.807, 2.05) is 0 Å². The van der Waals surface area contributed by atoms with E-state index in [1.54, 1.807) is 11.3 Å². The van der Waals surface area contributed by atoms with Crippen LogP contribution in [0.25, 0.3) is 0 Å². The quantitative estimate of drug-likeness (QED) is 0.811. The molecular formula is C11H20N2S. The summed E-state index contributed by atoms with van der Waals surface area (Å²) in [6.07, 6.45) is 0. The Morgan fingerprint density at radius 1 is 1.36 bits per heavy atom. The fourth-order valence-electron chi connectivity index (χ4n) is 1.16. The van der Waals surface area contributed by atoms with Crippen molar-refractivity contribution in [2.24, 2.45) is 5.92 Å². The van der Waals surface area contributed by atoms with Crippen LogP contribution in [0.15, 0.2) is 5.38 Å². The zero-order valence-electron chi connectivity index (χ0n) is 9.50. The van der Waals surface area contributed by atoms with E-state index in [4.69, 9.17) is 0 Å². The molecule has 2 nitrogen and oxygen atoms in total. The largest absolute Gasteiger partial charge is 0.311 e. The highest BCUT2D eigenvalue weighted by atomic mass is 32.1. The summed E-state index contributed by atoms with van der Waals surface area (Å²) in [5, 5.41) is 6.79. The molecule has 0 bridgehead atoms. The molecule has 0 atom stereocenters. The van der Waals surface area contributed by atoms with Crippen LogP contribution in [0.2, 0.25) is 0 Å². The molecule has 0 amide bonds. The van der Waals surface area contributed by atoms with Crippen LogP contribution in [0.1, 0.15) is 44.3 Å². The smallest absolute Gasteiger partial charge is 0.0954 e. The van der Waals surface area contributed by atoms with Gasteiger partial charge in [-0.3, -0.25) is 0 Å². The van der Waals surface area contributed by atoms with Crippen molar-refractivity contribution in [2.75, 3.05) is 6.54 Å². The number of nitrogens with zero attached hydrogens (tertiary/aromatic N) is 1. The van der Waals surface area contributed by atoms with Crippen LogP contribution >= 0.6 is 11.3 Å². The lowest BCUT2D eigenvalue weighted by molar-refractivity contribution is 0.548. The molecule has 1 aromatic rings. The third-order valence-corrected chi connectivity index (χ3v) is 3.12. The summed E-state index contributed by atoms with van der Waals surface area (Å²) < 4.78 is 0.